The van der Waals surface area contributed by atoms with Gasteiger partial charge < -0.3 is 8.59 Å². The molecule has 3 amide bonds. The van der Waals surface area contributed by atoms with Gasteiger partial charge in [0.15, 0.2) is 0 Å². The maximum absolute atomic E-state index is 11.3. The first-order chi connectivity index (χ1) is 5.46. The monoisotopic (exact) mass is 284 g/mol. The summed E-state index contributed by atoms with van der Waals surface area (Å²) in [6, 6.07) is -0.814. The van der Waals surface area contributed by atoms with Crippen molar-refractivity contribution in [2.75, 3.05) is 0 Å². The van der Waals surface area contributed by atoms with E-state index in [0.717, 1.165) is 0 Å². The third-order valence-electron chi connectivity index (χ3n) is 1.76. The number of primary amides is 1. The second-order valence-corrected chi connectivity index (χ2v) is 4.01. The Morgan fingerprint density at radius 2 is 1.71 bits per heavy atom. The molecule has 0 heterocycles. The molecule has 0 rings (SSSR count). The molecule has 0 aliphatic carbocycles. The minimum atomic E-state index is -0.814. The van der Waals surface area contributed by atoms with Gasteiger partial charge in [0.05, 0.1) is 0 Å². The molecule has 4 nitrogen and oxygen atoms in total. The van der Waals surface area contributed by atoms with Crippen molar-refractivity contribution < 1.29 is 71.6 Å². The number of carbonyl (C=O) groups is 2. The number of alkyl halides is 1. The van der Waals surface area contributed by atoms with Gasteiger partial charge in [-0.25, -0.2) is 4.79 Å². The number of amides is 3. The molecule has 0 bridgehead atoms. The molecule has 0 unspecified atom stereocenters. The number of carbonyl (C=O) groups excluding carboxylic acids is 2. The summed E-state index contributed by atoms with van der Waals surface area (Å²) in [5.41, 5.74) is 4.81. The Bertz CT molecular complexity index is 207. The summed E-state index contributed by atoms with van der Waals surface area (Å²) in [7, 11) is 0. The standard InChI is InChI=1S/C7H13BrN2O2.2Na.2H/c1-3-7(8,4-2)5(11)10-6(9)12;;;;/h3-4H2,1-2H3,(H3,9,10,11,12);;;;/q;2*+1;2*-1. The first kappa shape index (κ1) is 20.8. The average molecular weight is 285 g/mol. The molecule has 0 saturated heterocycles. The van der Waals surface area contributed by atoms with Gasteiger partial charge in [0, 0.05) is 0 Å². The van der Waals surface area contributed by atoms with Crippen LogP contribution in [0.3, 0.4) is 0 Å². The Labute approximate surface area is 140 Å². The molecule has 0 aromatic rings. The van der Waals surface area contributed by atoms with E-state index in [1.807, 2.05) is 19.2 Å². The molecule has 0 radical (unpaired) electrons. The van der Waals surface area contributed by atoms with Crippen LogP contribution in [0, 0.1) is 0 Å². The number of halogens is 1. The number of hydrogen-bond acceptors (Lipinski definition) is 2. The number of rotatable bonds is 3. The fraction of sp³-hybridized carbons (Fsp3) is 0.714. The smallest absolute Gasteiger partial charge is 1.00 e. The molecule has 0 aliphatic rings. The van der Waals surface area contributed by atoms with E-state index in [0.29, 0.717) is 12.8 Å². The number of hydrogen-bond donors (Lipinski definition) is 2. The summed E-state index contributed by atoms with van der Waals surface area (Å²) in [6.07, 6.45) is 1.23. The Morgan fingerprint density at radius 1 is 1.36 bits per heavy atom. The molecule has 0 atom stereocenters. The molecule has 7 heteroatoms. The summed E-state index contributed by atoms with van der Waals surface area (Å²) in [5, 5.41) is 2.04. The van der Waals surface area contributed by atoms with Crippen LogP contribution in [-0.4, -0.2) is 16.3 Å². The molecular formula is C7H15BrN2Na2O2. The van der Waals surface area contributed by atoms with E-state index < -0.39 is 10.4 Å². The van der Waals surface area contributed by atoms with Gasteiger partial charge in [-0.1, -0.05) is 29.8 Å². The van der Waals surface area contributed by atoms with Crippen LogP contribution in [-0.2, 0) is 4.79 Å². The van der Waals surface area contributed by atoms with E-state index in [-0.39, 0.29) is 67.9 Å². The number of nitrogens with one attached hydrogen (secondary N) is 1. The molecule has 74 valence electrons. The van der Waals surface area contributed by atoms with Crippen LogP contribution in [0.5, 0.6) is 0 Å². The molecule has 3 N–H and O–H groups in total. The van der Waals surface area contributed by atoms with E-state index in [9.17, 15) is 9.59 Å². The first-order valence-electron chi connectivity index (χ1n) is 3.76. The minimum absolute atomic E-state index is 0. The quantitative estimate of drug-likeness (QED) is 0.404. The molecule has 0 spiro atoms. The second kappa shape index (κ2) is 9.63. The second-order valence-electron chi connectivity index (χ2n) is 2.49. The Hall–Kier alpha value is 1.42. The van der Waals surface area contributed by atoms with Gasteiger partial charge in [0.1, 0.15) is 4.32 Å². The Morgan fingerprint density at radius 3 is 1.93 bits per heavy atom. The van der Waals surface area contributed by atoms with Crippen LogP contribution in [0.25, 0.3) is 0 Å². The third-order valence-corrected chi connectivity index (χ3v) is 3.25. The zero-order chi connectivity index (χ0) is 9.78. The third kappa shape index (κ3) is 6.82. The maximum atomic E-state index is 11.3. The molecule has 14 heavy (non-hydrogen) atoms. The van der Waals surface area contributed by atoms with Gasteiger partial charge in [0.2, 0.25) is 5.91 Å². The maximum Gasteiger partial charge on any atom is 1.00 e. The zero-order valence-corrected chi connectivity index (χ0v) is 14.8. The van der Waals surface area contributed by atoms with Crippen LogP contribution in [0.2, 0.25) is 0 Å². The number of nitrogens with two attached hydrogens (primary N) is 1. The van der Waals surface area contributed by atoms with Crippen molar-refractivity contribution in [3.8, 4) is 0 Å². The van der Waals surface area contributed by atoms with Gasteiger partial charge in [-0.15, -0.1) is 0 Å². The molecule has 0 fully saturated rings. The SMILES string of the molecule is CCC(Br)(CC)C(=O)NC(N)=O.[H-].[H-].[Na+].[Na+]. The van der Waals surface area contributed by atoms with Crippen LogP contribution in [0.1, 0.15) is 29.5 Å². The summed E-state index contributed by atoms with van der Waals surface area (Å²) < 4.78 is -0.665. The van der Waals surface area contributed by atoms with E-state index in [4.69, 9.17) is 5.73 Å². The molecular weight excluding hydrogens is 270 g/mol. The average Bonchev–Trinajstić information content (AvgIpc) is 2.02. The van der Waals surface area contributed by atoms with Crippen molar-refractivity contribution in [2.45, 2.75) is 31.0 Å². The summed E-state index contributed by atoms with van der Waals surface area (Å²) >= 11 is 3.26. The fourth-order valence-corrected chi connectivity index (χ4v) is 0.894. The van der Waals surface area contributed by atoms with Crippen LogP contribution < -0.4 is 70.2 Å². The van der Waals surface area contributed by atoms with Gasteiger partial charge >= 0.3 is 65.1 Å². The largest absolute Gasteiger partial charge is 1.00 e. The Balaban J connectivity index is -0.000000101. The van der Waals surface area contributed by atoms with Crippen molar-refractivity contribution in [1.82, 2.24) is 5.32 Å². The van der Waals surface area contributed by atoms with Crippen molar-refractivity contribution in [2.24, 2.45) is 5.73 Å². The van der Waals surface area contributed by atoms with Gasteiger partial charge in [0.25, 0.3) is 0 Å². The first-order valence-corrected chi connectivity index (χ1v) is 4.55. The zero-order valence-electron chi connectivity index (χ0n) is 11.2. The van der Waals surface area contributed by atoms with Gasteiger partial charge in [-0.05, 0) is 12.8 Å². The van der Waals surface area contributed by atoms with E-state index in [2.05, 4.69) is 15.9 Å². The molecule has 0 aromatic carbocycles. The summed E-state index contributed by atoms with van der Waals surface area (Å²) in [5.74, 6) is -0.375. The Kier molecular flexibility index (Phi) is 14.3. The van der Waals surface area contributed by atoms with Gasteiger partial charge in [-0.3, -0.25) is 10.1 Å². The summed E-state index contributed by atoms with van der Waals surface area (Å²) in [6.45, 7) is 3.72. The van der Waals surface area contributed by atoms with Crippen LogP contribution in [0.15, 0.2) is 0 Å². The van der Waals surface area contributed by atoms with Crippen molar-refractivity contribution in [3.63, 3.8) is 0 Å². The van der Waals surface area contributed by atoms with Crippen LogP contribution in [0.4, 0.5) is 4.79 Å². The van der Waals surface area contributed by atoms with Crippen molar-refractivity contribution >= 4 is 27.9 Å². The normalized spacial score (nSPS) is 9.36. The fourth-order valence-electron chi connectivity index (χ4n) is 0.795. The van der Waals surface area contributed by atoms with E-state index in [1.54, 1.807) is 0 Å². The molecule has 0 aromatic heterocycles. The summed E-state index contributed by atoms with van der Waals surface area (Å²) in [4.78, 5) is 21.6. The number of imide groups is 1. The van der Waals surface area contributed by atoms with Crippen LogP contribution >= 0.6 is 15.9 Å². The topological polar surface area (TPSA) is 72.2 Å². The van der Waals surface area contributed by atoms with Crippen molar-refractivity contribution in [3.05, 3.63) is 0 Å². The van der Waals surface area contributed by atoms with Gasteiger partial charge in [-0.2, -0.15) is 0 Å². The van der Waals surface area contributed by atoms with Crippen molar-refractivity contribution in [1.29, 1.82) is 0 Å². The molecule has 0 saturated carbocycles. The predicted molar refractivity (Wildman–Crippen MR) is 52.2 cm³/mol. The molecule has 0 aliphatic heterocycles. The minimum Gasteiger partial charge on any atom is -1.00 e. The number of urea groups is 1. The van der Waals surface area contributed by atoms with E-state index in [1.165, 1.54) is 0 Å². The van der Waals surface area contributed by atoms with E-state index >= 15 is 0 Å². The predicted octanol–water partition coefficient (Wildman–Crippen LogP) is -4.63.